The summed E-state index contributed by atoms with van der Waals surface area (Å²) in [6.07, 6.45) is 0.902. The molecule has 4 nitrogen and oxygen atoms in total. The Labute approximate surface area is 70.4 Å². The van der Waals surface area contributed by atoms with Crippen LogP contribution in [0.15, 0.2) is 0 Å². The van der Waals surface area contributed by atoms with E-state index in [0.29, 0.717) is 19.8 Å². The van der Waals surface area contributed by atoms with Crippen molar-refractivity contribution < 1.29 is 13.2 Å². The summed E-state index contributed by atoms with van der Waals surface area (Å²) in [5.41, 5.74) is 0. The van der Waals surface area contributed by atoms with Crippen molar-refractivity contribution in [2.75, 3.05) is 19.8 Å². The molecule has 1 atom stereocenters. The summed E-state index contributed by atoms with van der Waals surface area (Å²) in [6.45, 7) is 1.72. The zero-order valence-corrected chi connectivity index (χ0v) is 7.49. The van der Waals surface area contributed by atoms with E-state index in [1.54, 1.807) is 0 Å². The van der Waals surface area contributed by atoms with Crippen LogP contribution in [0.5, 0.6) is 0 Å². The monoisotopic (exact) mass is 199 g/mol. The molecule has 0 saturated carbocycles. The van der Waals surface area contributed by atoms with E-state index >= 15 is 0 Å². The summed E-state index contributed by atoms with van der Waals surface area (Å²) >= 11 is 0. The topological polar surface area (TPSA) is 55.4 Å². The van der Waals surface area contributed by atoms with E-state index in [9.17, 15) is 8.42 Å². The highest BCUT2D eigenvalue weighted by molar-refractivity contribution is 8.12. The van der Waals surface area contributed by atoms with Crippen molar-refractivity contribution in [1.29, 1.82) is 0 Å². The average Bonchev–Trinajstić information content (AvgIpc) is 2.32. The molecule has 11 heavy (non-hydrogen) atoms. The molecule has 0 aromatic rings. The lowest BCUT2D eigenvalue weighted by atomic mass is 10.1. The molecule has 0 aliphatic carbocycles. The van der Waals surface area contributed by atoms with Crippen LogP contribution in [-0.4, -0.2) is 28.2 Å². The van der Waals surface area contributed by atoms with Gasteiger partial charge in [-0.2, -0.15) is 8.42 Å². The molecule has 0 radical (unpaired) electrons. The standard InChI is InChI=1S/C5H10ClNO3S/c6-11(8,9)7-3-5-1-2-10-4-5/h5,7H,1-4H2. The summed E-state index contributed by atoms with van der Waals surface area (Å²) in [4.78, 5) is 0. The van der Waals surface area contributed by atoms with Crippen LogP contribution in [0, 0.1) is 5.92 Å². The van der Waals surface area contributed by atoms with Crippen molar-refractivity contribution in [2.24, 2.45) is 5.92 Å². The minimum absolute atomic E-state index is 0.281. The summed E-state index contributed by atoms with van der Waals surface area (Å²) < 4.78 is 28.1. The Morgan fingerprint density at radius 3 is 2.82 bits per heavy atom. The molecular formula is C5H10ClNO3S. The van der Waals surface area contributed by atoms with Crippen molar-refractivity contribution in [1.82, 2.24) is 4.72 Å². The predicted octanol–water partition coefficient (Wildman–Crippen LogP) is 0.0961. The molecule has 1 heterocycles. The Morgan fingerprint density at radius 2 is 2.36 bits per heavy atom. The fourth-order valence-electron chi connectivity index (χ4n) is 0.962. The van der Waals surface area contributed by atoms with Crippen molar-refractivity contribution in [3.05, 3.63) is 0 Å². The van der Waals surface area contributed by atoms with Crippen molar-refractivity contribution in [2.45, 2.75) is 6.42 Å². The zero-order valence-electron chi connectivity index (χ0n) is 5.92. The highest BCUT2D eigenvalue weighted by Gasteiger charge is 2.17. The molecule has 1 unspecified atom stereocenters. The summed E-state index contributed by atoms with van der Waals surface area (Å²) in [6, 6.07) is 0. The Bertz CT molecular complexity index is 210. The Balaban J connectivity index is 2.22. The van der Waals surface area contributed by atoms with Gasteiger partial charge in [0.25, 0.3) is 9.24 Å². The van der Waals surface area contributed by atoms with Gasteiger partial charge in [0.1, 0.15) is 0 Å². The van der Waals surface area contributed by atoms with Crippen LogP contribution >= 0.6 is 10.7 Å². The highest BCUT2D eigenvalue weighted by atomic mass is 35.7. The molecule has 1 aliphatic rings. The van der Waals surface area contributed by atoms with Crippen LogP contribution in [-0.2, 0) is 14.0 Å². The predicted molar refractivity (Wildman–Crippen MR) is 41.7 cm³/mol. The molecule has 0 aromatic carbocycles. The van der Waals surface area contributed by atoms with Crippen molar-refractivity contribution in [3.8, 4) is 0 Å². The number of rotatable bonds is 3. The van der Waals surface area contributed by atoms with Gasteiger partial charge in [-0.25, -0.2) is 4.72 Å². The maximum absolute atomic E-state index is 10.4. The van der Waals surface area contributed by atoms with Crippen LogP contribution < -0.4 is 4.72 Å². The number of ether oxygens (including phenoxy) is 1. The molecule has 1 rings (SSSR count). The zero-order chi connectivity index (χ0) is 8.32. The number of hydrogen-bond donors (Lipinski definition) is 1. The molecule has 0 amide bonds. The van der Waals surface area contributed by atoms with Crippen LogP contribution in [0.25, 0.3) is 0 Å². The third kappa shape index (κ3) is 3.91. The third-order valence-electron chi connectivity index (χ3n) is 1.57. The van der Waals surface area contributed by atoms with Crippen LogP contribution in [0.1, 0.15) is 6.42 Å². The second kappa shape index (κ2) is 3.71. The van der Waals surface area contributed by atoms with Gasteiger partial charge in [-0.1, -0.05) is 0 Å². The molecule has 1 N–H and O–H groups in total. The quantitative estimate of drug-likeness (QED) is 0.656. The molecule has 66 valence electrons. The fraction of sp³-hybridized carbons (Fsp3) is 1.00. The number of hydrogen-bond acceptors (Lipinski definition) is 3. The highest BCUT2D eigenvalue weighted by Crippen LogP contribution is 2.11. The van der Waals surface area contributed by atoms with E-state index in [0.717, 1.165) is 6.42 Å². The van der Waals surface area contributed by atoms with Gasteiger partial charge >= 0.3 is 0 Å². The lowest BCUT2D eigenvalue weighted by molar-refractivity contribution is 0.186. The van der Waals surface area contributed by atoms with Gasteiger partial charge in [-0.3, -0.25) is 0 Å². The number of halogens is 1. The Hall–Kier alpha value is 0.160. The first-order chi connectivity index (χ1) is 5.08. The molecular weight excluding hydrogens is 190 g/mol. The van der Waals surface area contributed by atoms with E-state index < -0.39 is 9.24 Å². The minimum atomic E-state index is -3.54. The molecule has 0 bridgehead atoms. The molecule has 0 spiro atoms. The van der Waals surface area contributed by atoms with Gasteiger partial charge in [0.2, 0.25) is 0 Å². The second-order valence-corrected chi connectivity index (χ2v) is 4.90. The SMILES string of the molecule is O=S(=O)(Cl)NCC1CCOC1. The average molecular weight is 200 g/mol. The molecule has 1 aliphatic heterocycles. The van der Waals surface area contributed by atoms with E-state index in [1.807, 2.05) is 0 Å². The van der Waals surface area contributed by atoms with Gasteiger partial charge in [-0.05, 0) is 12.3 Å². The van der Waals surface area contributed by atoms with Crippen molar-refractivity contribution >= 4 is 19.9 Å². The molecule has 6 heteroatoms. The molecule has 0 aromatic heterocycles. The Kier molecular flexibility index (Phi) is 3.12. The maximum Gasteiger partial charge on any atom is 0.297 e. The smallest absolute Gasteiger partial charge is 0.297 e. The maximum atomic E-state index is 10.4. The summed E-state index contributed by atoms with van der Waals surface area (Å²) in [5.74, 6) is 0.281. The molecule has 1 saturated heterocycles. The van der Waals surface area contributed by atoms with E-state index in [4.69, 9.17) is 15.4 Å². The summed E-state index contributed by atoms with van der Waals surface area (Å²) in [7, 11) is 1.39. The van der Waals surface area contributed by atoms with Crippen LogP contribution in [0.2, 0.25) is 0 Å². The van der Waals surface area contributed by atoms with Crippen LogP contribution in [0.3, 0.4) is 0 Å². The lowest BCUT2D eigenvalue weighted by Gasteiger charge is -2.05. The normalized spacial score (nSPS) is 25.7. The van der Waals surface area contributed by atoms with Gasteiger partial charge in [0.15, 0.2) is 0 Å². The van der Waals surface area contributed by atoms with Gasteiger partial charge in [-0.15, -0.1) is 0 Å². The van der Waals surface area contributed by atoms with Crippen LogP contribution in [0.4, 0.5) is 0 Å². The first-order valence-corrected chi connectivity index (χ1v) is 5.66. The first-order valence-electron chi connectivity index (χ1n) is 3.35. The van der Waals surface area contributed by atoms with Crippen molar-refractivity contribution in [3.63, 3.8) is 0 Å². The second-order valence-electron chi connectivity index (χ2n) is 2.52. The van der Waals surface area contributed by atoms with Gasteiger partial charge in [0.05, 0.1) is 6.61 Å². The summed E-state index contributed by atoms with van der Waals surface area (Å²) in [5, 5.41) is 0. The first kappa shape index (κ1) is 9.25. The Morgan fingerprint density at radius 1 is 1.64 bits per heavy atom. The van der Waals surface area contributed by atoms with Gasteiger partial charge < -0.3 is 4.74 Å². The largest absolute Gasteiger partial charge is 0.381 e. The fourth-order valence-corrected chi connectivity index (χ4v) is 1.59. The third-order valence-corrected chi connectivity index (χ3v) is 2.41. The lowest BCUT2D eigenvalue weighted by Crippen LogP contribution is -2.25. The van der Waals surface area contributed by atoms with E-state index in [1.165, 1.54) is 0 Å². The van der Waals surface area contributed by atoms with E-state index in [-0.39, 0.29) is 5.92 Å². The van der Waals surface area contributed by atoms with E-state index in [2.05, 4.69) is 4.72 Å². The minimum Gasteiger partial charge on any atom is -0.381 e. The van der Waals surface area contributed by atoms with Gasteiger partial charge in [0, 0.05) is 23.8 Å². The molecule has 1 fully saturated rings. The number of nitrogens with one attached hydrogen (secondary N) is 1.